The summed E-state index contributed by atoms with van der Waals surface area (Å²) < 4.78 is 1.72. The minimum Gasteiger partial charge on any atom is -0.293 e. The summed E-state index contributed by atoms with van der Waals surface area (Å²) in [4.78, 5) is 23.7. The molecule has 1 aromatic heterocycles. The van der Waals surface area contributed by atoms with E-state index < -0.39 is 10.3 Å². The molecule has 0 atom stereocenters. The number of nitrogens with zero attached hydrogens (tertiary/aromatic N) is 2. The molecule has 3 rings (SSSR count). The van der Waals surface area contributed by atoms with E-state index in [4.69, 9.17) is 5.41 Å². The fourth-order valence-corrected chi connectivity index (χ4v) is 3.86. The average molecular weight is 317 g/mol. The predicted molar refractivity (Wildman–Crippen MR) is 82.6 cm³/mol. The number of thiazole rings is 1. The molecular formula is C15H15N3O3S. The van der Waals surface area contributed by atoms with E-state index in [0.717, 1.165) is 18.5 Å². The molecule has 0 saturated carbocycles. The number of nitro groups is 1. The molecule has 7 heteroatoms. The molecule has 0 bridgehead atoms. The number of nitro benzene ring substituents is 1. The zero-order valence-electron chi connectivity index (χ0n) is 12.3. The Morgan fingerprint density at radius 2 is 1.95 bits per heavy atom. The summed E-state index contributed by atoms with van der Waals surface area (Å²) in [5.74, 6) is 0.0768. The van der Waals surface area contributed by atoms with Crippen molar-refractivity contribution in [3.8, 4) is 5.69 Å². The van der Waals surface area contributed by atoms with Gasteiger partial charge in [-0.15, -0.1) is 0 Å². The Balaban J connectivity index is 2.12. The molecule has 1 N–H and O–H groups in total. The SMILES string of the molecule is CC1(C)CCc2c(sc(=N)n2-c2ccc([N+](=O)[O-])cc2)C1=O. The van der Waals surface area contributed by atoms with E-state index >= 15 is 0 Å². The highest BCUT2D eigenvalue weighted by Gasteiger charge is 2.37. The van der Waals surface area contributed by atoms with Crippen molar-refractivity contribution in [1.82, 2.24) is 4.57 Å². The molecule has 1 aromatic carbocycles. The second kappa shape index (κ2) is 4.88. The van der Waals surface area contributed by atoms with E-state index in [0.29, 0.717) is 10.6 Å². The van der Waals surface area contributed by atoms with Crippen LogP contribution in [-0.2, 0) is 6.42 Å². The summed E-state index contributed by atoms with van der Waals surface area (Å²) in [7, 11) is 0. The van der Waals surface area contributed by atoms with Crippen LogP contribution in [0.2, 0.25) is 0 Å². The molecule has 22 heavy (non-hydrogen) atoms. The van der Waals surface area contributed by atoms with Gasteiger partial charge in [0.15, 0.2) is 10.6 Å². The standard InChI is InChI=1S/C15H15N3O3S/c1-15(2)8-7-11-12(13(15)19)22-14(16)17(11)9-3-5-10(6-4-9)18(20)21/h3-6,16H,7-8H2,1-2H3. The van der Waals surface area contributed by atoms with Gasteiger partial charge in [0, 0.05) is 28.9 Å². The van der Waals surface area contributed by atoms with Crippen LogP contribution in [0, 0.1) is 20.9 Å². The Labute approximate surface area is 130 Å². The van der Waals surface area contributed by atoms with Crippen LogP contribution in [0.25, 0.3) is 5.69 Å². The number of benzene rings is 1. The molecule has 0 unspecified atom stereocenters. The predicted octanol–water partition coefficient (Wildman–Crippen LogP) is 3.08. The Bertz CT molecular complexity index is 831. The van der Waals surface area contributed by atoms with Crippen LogP contribution in [0.4, 0.5) is 5.69 Å². The van der Waals surface area contributed by atoms with Gasteiger partial charge in [0.05, 0.1) is 9.80 Å². The highest BCUT2D eigenvalue weighted by atomic mass is 32.1. The average Bonchev–Trinajstić information content (AvgIpc) is 2.80. The zero-order chi connectivity index (χ0) is 16.1. The van der Waals surface area contributed by atoms with Gasteiger partial charge in [-0.05, 0) is 25.0 Å². The first kappa shape index (κ1) is 14.6. The van der Waals surface area contributed by atoms with Gasteiger partial charge in [-0.1, -0.05) is 25.2 Å². The van der Waals surface area contributed by atoms with E-state index in [-0.39, 0.29) is 16.3 Å². The maximum absolute atomic E-state index is 12.5. The molecule has 0 radical (unpaired) electrons. The van der Waals surface area contributed by atoms with Crippen LogP contribution in [-0.4, -0.2) is 15.3 Å². The van der Waals surface area contributed by atoms with Crippen molar-refractivity contribution < 1.29 is 9.72 Å². The second-order valence-electron chi connectivity index (χ2n) is 6.00. The number of aromatic nitrogens is 1. The minimum absolute atomic E-state index is 0.0113. The number of non-ortho nitro benzene ring substituents is 1. The number of nitrogens with one attached hydrogen (secondary N) is 1. The first-order valence-electron chi connectivity index (χ1n) is 6.90. The van der Waals surface area contributed by atoms with Crippen LogP contribution in [0.1, 0.15) is 35.6 Å². The summed E-state index contributed by atoms with van der Waals surface area (Å²) in [5.41, 5.74) is 1.14. The Kier molecular flexibility index (Phi) is 3.25. The number of Topliss-reactive ketones (excluding diaryl/α,β-unsaturated/α-hetero) is 1. The first-order chi connectivity index (χ1) is 10.3. The molecule has 1 heterocycles. The van der Waals surface area contributed by atoms with Crippen molar-refractivity contribution in [3.63, 3.8) is 0 Å². The fraction of sp³-hybridized carbons (Fsp3) is 0.333. The minimum atomic E-state index is -0.453. The normalized spacial score (nSPS) is 16.4. The molecule has 2 aromatic rings. The molecule has 1 aliphatic rings. The van der Waals surface area contributed by atoms with Crippen LogP contribution < -0.4 is 4.80 Å². The Morgan fingerprint density at radius 1 is 1.32 bits per heavy atom. The van der Waals surface area contributed by atoms with Crippen molar-refractivity contribution >= 4 is 22.8 Å². The summed E-state index contributed by atoms with van der Waals surface area (Å²) in [6, 6.07) is 6.07. The number of carbonyl (C=O) groups is 1. The van der Waals surface area contributed by atoms with Crippen molar-refractivity contribution in [1.29, 1.82) is 5.41 Å². The third-order valence-corrected chi connectivity index (χ3v) is 5.06. The van der Waals surface area contributed by atoms with E-state index in [9.17, 15) is 14.9 Å². The van der Waals surface area contributed by atoms with E-state index in [1.165, 1.54) is 23.5 Å². The van der Waals surface area contributed by atoms with Crippen LogP contribution in [0.5, 0.6) is 0 Å². The zero-order valence-corrected chi connectivity index (χ0v) is 13.1. The Morgan fingerprint density at radius 3 is 2.55 bits per heavy atom. The third-order valence-electron chi connectivity index (χ3n) is 4.06. The second-order valence-corrected chi connectivity index (χ2v) is 7.00. The molecule has 0 saturated heterocycles. The fourth-order valence-electron chi connectivity index (χ4n) is 2.68. The first-order valence-corrected chi connectivity index (χ1v) is 7.72. The van der Waals surface area contributed by atoms with E-state index in [2.05, 4.69) is 0 Å². The van der Waals surface area contributed by atoms with Gasteiger partial charge in [0.2, 0.25) is 0 Å². The number of ketones is 1. The summed E-state index contributed by atoms with van der Waals surface area (Å²) in [6.45, 7) is 3.86. The molecule has 0 spiro atoms. The Hall–Kier alpha value is -2.28. The number of carbonyl (C=O) groups excluding carboxylic acids is 1. The highest BCUT2D eigenvalue weighted by molar-refractivity contribution is 7.11. The van der Waals surface area contributed by atoms with Crippen molar-refractivity contribution in [2.75, 3.05) is 0 Å². The lowest BCUT2D eigenvalue weighted by atomic mass is 9.77. The number of rotatable bonds is 2. The van der Waals surface area contributed by atoms with Crippen molar-refractivity contribution in [3.05, 3.63) is 49.8 Å². The molecule has 0 amide bonds. The molecule has 0 aliphatic heterocycles. The quantitative estimate of drug-likeness (QED) is 0.682. The smallest absolute Gasteiger partial charge is 0.269 e. The molecule has 0 fully saturated rings. The maximum atomic E-state index is 12.5. The van der Waals surface area contributed by atoms with Gasteiger partial charge >= 0.3 is 0 Å². The van der Waals surface area contributed by atoms with Gasteiger partial charge < -0.3 is 0 Å². The molecular weight excluding hydrogens is 302 g/mol. The van der Waals surface area contributed by atoms with E-state index in [1.807, 2.05) is 13.8 Å². The number of hydrogen-bond donors (Lipinski definition) is 1. The van der Waals surface area contributed by atoms with Gasteiger partial charge in [-0.3, -0.25) is 24.9 Å². The molecule has 114 valence electrons. The van der Waals surface area contributed by atoms with Gasteiger partial charge in [-0.2, -0.15) is 0 Å². The van der Waals surface area contributed by atoms with Crippen molar-refractivity contribution in [2.24, 2.45) is 5.41 Å². The third kappa shape index (κ3) is 2.18. The lowest BCUT2D eigenvalue weighted by Gasteiger charge is -2.27. The summed E-state index contributed by atoms with van der Waals surface area (Å²) >= 11 is 1.18. The van der Waals surface area contributed by atoms with Crippen LogP contribution in [0.15, 0.2) is 24.3 Å². The van der Waals surface area contributed by atoms with Crippen molar-refractivity contribution in [2.45, 2.75) is 26.7 Å². The largest absolute Gasteiger partial charge is 0.293 e. The van der Waals surface area contributed by atoms with Gasteiger partial charge in [0.1, 0.15) is 0 Å². The molecule has 1 aliphatic carbocycles. The number of fused-ring (bicyclic) bond motifs is 1. The van der Waals surface area contributed by atoms with Crippen LogP contribution >= 0.6 is 11.3 Å². The van der Waals surface area contributed by atoms with Crippen LogP contribution in [0.3, 0.4) is 0 Å². The maximum Gasteiger partial charge on any atom is 0.269 e. The lowest BCUT2D eigenvalue weighted by molar-refractivity contribution is -0.384. The van der Waals surface area contributed by atoms with E-state index in [1.54, 1.807) is 16.7 Å². The summed E-state index contributed by atoms with van der Waals surface area (Å²) in [5, 5.41) is 18.9. The lowest BCUT2D eigenvalue weighted by Crippen LogP contribution is -2.30. The monoisotopic (exact) mass is 317 g/mol. The molecule has 6 nitrogen and oxygen atoms in total. The number of hydrogen-bond acceptors (Lipinski definition) is 5. The topological polar surface area (TPSA) is 89.0 Å². The van der Waals surface area contributed by atoms with Gasteiger partial charge in [-0.25, -0.2) is 0 Å². The highest BCUT2D eigenvalue weighted by Crippen LogP contribution is 2.36. The summed E-state index contributed by atoms with van der Waals surface area (Å²) in [6.07, 6.45) is 1.46. The van der Waals surface area contributed by atoms with Gasteiger partial charge in [0.25, 0.3) is 5.69 Å².